The van der Waals surface area contributed by atoms with Gasteiger partial charge in [-0.25, -0.2) is 4.79 Å². The van der Waals surface area contributed by atoms with Gasteiger partial charge in [0.25, 0.3) is 6.29 Å². The number of ether oxygens (including phenoxy) is 2. The second kappa shape index (κ2) is 3.75. The van der Waals surface area contributed by atoms with Gasteiger partial charge in [0.15, 0.2) is 0 Å². The summed E-state index contributed by atoms with van der Waals surface area (Å²) in [5.74, 6) is 0.224. The van der Waals surface area contributed by atoms with Crippen molar-refractivity contribution in [1.29, 1.82) is 0 Å². The van der Waals surface area contributed by atoms with Crippen LogP contribution in [-0.2, 0) is 14.3 Å². The highest BCUT2D eigenvalue weighted by atomic mass is 16.7. The number of fused-ring (bicyclic) bond motifs is 1. The van der Waals surface area contributed by atoms with Gasteiger partial charge in [-0.05, 0) is 24.7 Å². The summed E-state index contributed by atoms with van der Waals surface area (Å²) in [6, 6.07) is 0. The number of hydrogen-bond acceptors (Lipinski definition) is 4. The van der Waals surface area contributed by atoms with Crippen LogP contribution in [0.2, 0.25) is 0 Å². The first-order chi connectivity index (χ1) is 8.20. The Hall–Kier alpha value is -1.52. The number of carbonyl (C=O) groups excluding carboxylic acids is 2. The standard InChI is InChI=1S/C12H15NO4/c1-13-12(15)17-11-9-7-4-2-6(3-5-7)8(9)10(14)16-11/h2,4,6-9,11H,3,5H2,1H3,(H,13,15). The van der Waals surface area contributed by atoms with E-state index in [2.05, 4.69) is 17.5 Å². The highest BCUT2D eigenvalue weighted by Gasteiger charge is 2.56. The van der Waals surface area contributed by atoms with Crippen LogP contribution in [0.1, 0.15) is 12.8 Å². The molecule has 0 spiro atoms. The third-order valence-electron chi connectivity index (χ3n) is 4.06. The lowest BCUT2D eigenvalue weighted by Gasteiger charge is -2.39. The third kappa shape index (κ3) is 1.52. The van der Waals surface area contributed by atoms with Crippen LogP contribution in [0.15, 0.2) is 12.2 Å². The van der Waals surface area contributed by atoms with Crippen LogP contribution >= 0.6 is 0 Å². The maximum Gasteiger partial charge on any atom is 0.409 e. The Bertz CT molecular complexity index is 392. The lowest BCUT2D eigenvalue weighted by molar-refractivity contribution is -0.157. The van der Waals surface area contributed by atoms with E-state index in [1.165, 1.54) is 7.05 Å². The Morgan fingerprint density at radius 3 is 2.76 bits per heavy atom. The molecule has 5 unspecified atom stereocenters. The summed E-state index contributed by atoms with van der Waals surface area (Å²) >= 11 is 0. The number of cyclic esters (lactones) is 1. The van der Waals surface area contributed by atoms with Gasteiger partial charge in [0, 0.05) is 7.05 Å². The van der Waals surface area contributed by atoms with E-state index in [4.69, 9.17) is 9.47 Å². The summed E-state index contributed by atoms with van der Waals surface area (Å²) in [6.45, 7) is 0. The first-order valence-electron chi connectivity index (χ1n) is 5.98. The van der Waals surface area contributed by atoms with E-state index in [1.54, 1.807) is 0 Å². The molecule has 17 heavy (non-hydrogen) atoms. The van der Waals surface area contributed by atoms with Crippen molar-refractivity contribution in [2.45, 2.75) is 19.1 Å². The van der Waals surface area contributed by atoms with E-state index in [9.17, 15) is 9.59 Å². The molecule has 0 aromatic carbocycles. The molecule has 1 aliphatic heterocycles. The zero-order chi connectivity index (χ0) is 12.0. The van der Waals surface area contributed by atoms with Crippen molar-refractivity contribution in [3.63, 3.8) is 0 Å². The number of allylic oxidation sites excluding steroid dienone is 2. The van der Waals surface area contributed by atoms with E-state index >= 15 is 0 Å². The minimum Gasteiger partial charge on any atom is -0.424 e. The minimum absolute atomic E-state index is 0.00329. The van der Waals surface area contributed by atoms with E-state index in [0.717, 1.165) is 12.8 Å². The van der Waals surface area contributed by atoms with E-state index in [0.29, 0.717) is 5.92 Å². The zero-order valence-electron chi connectivity index (χ0n) is 9.59. The highest BCUT2D eigenvalue weighted by Crippen LogP contribution is 2.50. The molecule has 2 fully saturated rings. The molecule has 2 bridgehead atoms. The molecule has 0 aromatic heterocycles. The summed E-state index contributed by atoms with van der Waals surface area (Å²) < 4.78 is 10.3. The SMILES string of the molecule is CNC(=O)OC1OC(=O)C2C3C=CC(CC3)C12. The Labute approximate surface area is 99.1 Å². The molecule has 3 aliphatic carbocycles. The normalized spacial score (nSPS) is 41.9. The molecule has 1 amide bonds. The lowest BCUT2D eigenvalue weighted by Crippen LogP contribution is -2.41. The molecule has 5 nitrogen and oxygen atoms in total. The van der Waals surface area contributed by atoms with Gasteiger partial charge in [-0.3, -0.25) is 4.79 Å². The Kier molecular flexibility index (Phi) is 2.34. The maximum absolute atomic E-state index is 11.8. The van der Waals surface area contributed by atoms with Gasteiger partial charge in [-0.2, -0.15) is 0 Å². The Morgan fingerprint density at radius 2 is 2.12 bits per heavy atom. The molecular formula is C12H15NO4. The monoisotopic (exact) mass is 237 g/mol. The van der Waals surface area contributed by atoms with Crippen LogP contribution in [0.3, 0.4) is 0 Å². The number of rotatable bonds is 1. The molecule has 5 atom stereocenters. The van der Waals surface area contributed by atoms with E-state index in [1.807, 2.05) is 0 Å². The van der Waals surface area contributed by atoms with Gasteiger partial charge in [0.1, 0.15) is 0 Å². The number of amides is 1. The van der Waals surface area contributed by atoms with Crippen LogP contribution in [0, 0.1) is 23.7 Å². The van der Waals surface area contributed by atoms with Crippen molar-refractivity contribution in [1.82, 2.24) is 5.32 Å². The van der Waals surface area contributed by atoms with Gasteiger partial charge in [-0.1, -0.05) is 12.2 Å². The molecule has 1 saturated heterocycles. The summed E-state index contributed by atoms with van der Waals surface area (Å²) in [7, 11) is 1.49. The van der Waals surface area contributed by atoms with Gasteiger partial charge >= 0.3 is 12.1 Å². The third-order valence-corrected chi connectivity index (χ3v) is 4.06. The predicted molar refractivity (Wildman–Crippen MR) is 57.8 cm³/mol. The van der Waals surface area contributed by atoms with Gasteiger partial charge in [-0.15, -0.1) is 0 Å². The molecule has 0 aromatic rings. The number of carbonyl (C=O) groups is 2. The van der Waals surface area contributed by atoms with Crippen LogP contribution in [-0.4, -0.2) is 25.4 Å². The van der Waals surface area contributed by atoms with Crippen LogP contribution in [0.25, 0.3) is 0 Å². The summed E-state index contributed by atoms with van der Waals surface area (Å²) in [5.41, 5.74) is 0. The van der Waals surface area contributed by atoms with Crippen LogP contribution < -0.4 is 5.32 Å². The van der Waals surface area contributed by atoms with Crippen LogP contribution in [0.4, 0.5) is 4.79 Å². The first kappa shape index (κ1) is 10.6. The fraction of sp³-hybridized carbons (Fsp3) is 0.667. The highest BCUT2D eigenvalue weighted by molar-refractivity contribution is 5.77. The average Bonchev–Trinajstić information content (AvgIpc) is 2.70. The van der Waals surface area contributed by atoms with Crippen molar-refractivity contribution in [2.24, 2.45) is 23.7 Å². The van der Waals surface area contributed by atoms with Crippen molar-refractivity contribution in [3.05, 3.63) is 12.2 Å². The fourth-order valence-electron chi connectivity index (χ4n) is 3.28. The predicted octanol–water partition coefficient (Wildman–Crippen LogP) is 1.05. The van der Waals surface area contributed by atoms with Gasteiger partial charge in [0.2, 0.25) is 0 Å². The first-order valence-corrected chi connectivity index (χ1v) is 5.98. The maximum atomic E-state index is 11.8. The fourth-order valence-corrected chi connectivity index (χ4v) is 3.28. The molecular weight excluding hydrogens is 222 g/mol. The van der Waals surface area contributed by atoms with Crippen molar-refractivity contribution < 1.29 is 19.1 Å². The smallest absolute Gasteiger partial charge is 0.409 e. The molecule has 5 heteroatoms. The van der Waals surface area contributed by atoms with Crippen molar-refractivity contribution in [2.75, 3.05) is 7.05 Å². The number of alkyl carbamates (subject to hydrolysis) is 1. The second-order valence-electron chi connectivity index (χ2n) is 4.85. The minimum atomic E-state index is -0.717. The molecule has 0 radical (unpaired) electrons. The molecule has 1 heterocycles. The molecule has 1 N–H and O–H groups in total. The lowest BCUT2D eigenvalue weighted by atomic mass is 9.63. The molecule has 92 valence electrons. The average molecular weight is 237 g/mol. The quantitative estimate of drug-likeness (QED) is 0.547. The van der Waals surface area contributed by atoms with E-state index in [-0.39, 0.29) is 23.7 Å². The van der Waals surface area contributed by atoms with Gasteiger partial charge in [0.05, 0.1) is 11.8 Å². The van der Waals surface area contributed by atoms with Gasteiger partial charge < -0.3 is 14.8 Å². The zero-order valence-corrected chi connectivity index (χ0v) is 9.59. The molecule has 1 saturated carbocycles. The topological polar surface area (TPSA) is 64.6 Å². The summed E-state index contributed by atoms with van der Waals surface area (Å²) in [6.07, 6.45) is 5.06. The van der Waals surface area contributed by atoms with Crippen molar-refractivity contribution in [3.8, 4) is 0 Å². The Balaban J connectivity index is 1.83. The second-order valence-corrected chi connectivity index (χ2v) is 4.85. The summed E-state index contributed by atoms with van der Waals surface area (Å²) in [4.78, 5) is 23.0. The largest absolute Gasteiger partial charge is 0.424 e. The molecule has 4 rings (SSSR count). The molecule has 4 aliphatic rings. The number of hydrogen-bond donors (Lipinski definition) is 1. The van der Waals surface area contributed by atoms with Crippen LogP contribution in [0.5, 0.6) is 0 Å². The Morgan fingerprint density at radius 1 is 1.41 bits per heavy atom. The van der Waals surface area contributed by atoms with Crippen molar-refractivity contribution >= 4 is 12.1 Å². The summed E-state index contributed by atoms with van der Waals surface area (Å²) in [5, 5.41) is 2.38. The van der Waals surface area contributed by atoms with E-state index < -0.39 is 12.4 Å². The number of nitrogens with one attached hydrogen (secondary N) is 1. The number of esters is 1.